The second kappa shape index (κ2) is 9.61. The zero-order chi connectivity index (χ0) is 21.6. The van der Waals surface area contributed by atoms with Crippen LogP contribution in [0.3, 0.4) is 0 Å². The number of guanidine groups is 1. The molecule has 0 bridgehead atoms. The van der Waals surface area contributed by atoms with Crippen molar-refractivity contribution < 1.29 is 4.39 Å². The number of rotatable bonds is 8. The Labute approximate surface area is 177 Å². The summed E-state index contributed by atoms with van der Waals surface area (Å²) < 4.78 is 14.7. The van der Waals surface area contributed by atoms with Crippen LogP contribution in [0.25, 0.3) is 5.69 Å². The minimum absolute atomic E-state index is 0.273. The highest BCUT2D eigenvalue weighted by atomic mass is 19.1. The molecule has 0 unspecified atom stereocenters. The molecule has 0 amide bonds. The van der Waals surface area contributed by atoms with Crippen LogP contribution in [0, 0.1) is 22.6 Å². The fraction of sp³-hybridized carbons (Fsp3) is 0.500. The van der Waals surface area contributed by atoms with Crippen molar-refractivity contribution in [3.05, 3.63) is 41.3 Å². The lowest BCUT2D eigenvalue weighted by Gasteiger charge is -2.41. The number of hydrogen-bond donors (Lipinski definition) is 3. The van der Waals surface area contributed by atoms with E-state index in [4.69, 9.17) is 5.73 Å². The summed E-state index contributed by atoms with van der Waals surface area (Å²) in [7, 11) is 1.77. The molecule has 7 nitrogen and oxygen atoms in total. The number of hydrogen-bond acceptors (Lipinski definition) is 4. The van der Waals surface area contributed by atoms with Gasteiger partial charge in [0, 0.05) is 20.1 Å². The second-order valence-electron chi connectivity index (χ2n) is 7.87. The number of nitrogens with two attached hydrogens (primary N) is 1. The van der Waals surface area contributed by atoms with Crippen LogP contribution in [0.15, 0.2) is 29.3 Å². The molecule has 0 spiro atoms. The van der Waals surface area contributed by atoms with Crippen LogP contribution in [-0.4, -0.2) is 35.9 Å². The van der Waals surface area contributed by atoms with Crippen LogP contribution >= 0.6 is 0 Å². The number of nitrogens with zero attached hydrogens (tertiary/aromatic N) is 4. The average molecular weight is 412 g/mol. The number of aryl methyl sites for hydroxylation is 1. The normalized spacial score (nSPS) is 15.3. The number of benzene rings is 1. The first-order valence-corrected chi connectivity index (χ1v) is 10.5. The van der Waals surface area contributed by atoms with Crippen LogP contribution in [-0.2, 0) is 6.42 Å². The Morgan fingerprint density at radius 2 is 2.07 bits per heavy atom. The Morgan fingerprint density at radius 3 is 2.63 bits per heavy atom. The van der Waals surface area contributed by atoms with Crippen molar-refractivity contribution in [3.63, 3.8) is 0 Å². The van der Waals surface area contributed by atoms with Gasteiger partial charge in [0.1, 0.15) is 23.3 Å². The van der Waals surface area contributed by atoms with Crippen LogP contribution in [0.2, 0.25) is 0 Å². The molecule has 1 saturated carbocycles. The molecule has 0 saturated heterocycles. The molecule has 1 fully saturated rings. The van der Waals surface area contributed by atoms with Gasteiger partial charge in [-0.1, -0.05) is 13.3 Å². The highest BCUT2D eigenvalue weighted by molar-refractivity contribution is 5.79. The number of halogens is 1. The van der Waals surface area contributed by atoms with Crippen molar-refractivity contribution in [1.82, 2.24) is 20.4 Å². The molecule has 2 aromatic rings. The first-order chi connectivity index (χ1) is 14.5. The van der Waals surface area contributed by atoms with E-state index in [1.807, 2.05) is 0 Å². The molecular formula is C22H30FN7. The van der Waals surface area contributed by atoms with Gasteiger partial charge in [-0.25, -0.2) is 9.07 Å². The van der Waals surface area contributed by atoms with Gasteiger partial charge in [-0.15, -0.1) is 0 Å². The first-order valence-electron chi connectivity index (χ1n) is 10.5. The Balaban J connectivity index is 1.54. The fourth-order valence-electron chi connectivity index (χ4n) is 3.84. The van der Waals surface area contributed by atoms with Crippen molar-refractivity contribution in [2.45, 2.75) is 45.4 Å². The molecule has 3 rings (SSSR count). The standard InChI is InChI=1S/C22H30FN7/c1-3-22(11-5-12-22)15-28-21(26-2)27-13-4-6-19-18(14-24)20(25)30(29-19)17-9-7-16(23)8-10-17/h7-10H,3-6,11-13,15,25H2,1-2H3,(H2,26,27,28). The fourth-order valence-corrected chi connectivity index (χ4v) is 3.84. The molecule has 8 heteroatoms. The van der Waals surface area contributed by atoms with E-state index in [1.165, 1.54) is 42.5 Å². The minimum atomic E-state index is -0.333. The monoisotopic (exact) mass is 411 g/mol. The predicted octanol–water partition coefficient (Wildman–Crippen LogP) is 3.14. The maximum Gasteiger partial charge on any atom is 0.190 e. The molecule has 30 heavy (non-hydrogen) atoms. The van der Waals surface area contributed by atoms with Crippen molar-refractivity contribution in [2.75, 3.05) is 25.9 Å². The van der Waals surface area contributed by atoms with E-state index in [-0.39, 0.29) is 11.6 Å². The summed E-state index contributed by atoms with van der Waals surface area (Å²) in [5.41, 5.74) is 8.17. The summed E-state index contributed by atoms with van der Waals surface area (Å²) in [6.45, 7) is 3.90. The molecule has 1 aromatic heterocycles. The highest BCUT2D eigenvalue weighted by Crippen LogP contribution is 2.42. The van der Waals surface area contributed by atoms with E-state index in [2.05, 4.69) is 33.7 Å². The molecule has 1 aliphatic rings. The highest BCUT2D eigenvalue weighted by Gasteiger charge is 2.34. The molecule has 1 aliphatic carbocycles. The van der Waals surface area contributed by atoms with Gasteiger partial charge in [0.15, 0.2) is 5.96 Å². The molecule has 4 N–H and O–H groups in total. The summed E-state index contributed by atoms with van der Waals surface area (Å²) in [4.78, 5) is 4.30. The molecule has 1 heterocycles. The first kappa shape index (κ1) is 21.6. The summed E-state index contributed by atoms with van der Waals surface area (Å²) in [6, 6.07) is 8.01. The Kier molecular flexibility index (Phi) is 6.93. The third-order valence-electron chi connectivity index (χ3n) is 6.08. The summed E-state index contributed by atoms with van der Waals surface area (Å²) in [6.07, 6.45) is 6.44. The van der Waals surface area contributed by atoms with Crippen molar-refractivity contribution in [3.8, 4) is 11.8 Å². The predicted molar refractivity (Wildman–Crippen MR) is 117 cm³/mol. The minimum Gasteiger partial charge on any atom is -0.382 e. The third-order valence-corrected chi connectivity index (χ3v) is 6.08. The molecule has 0 aliphatic heterocycles. The summed E-state index contributed by atoms with van der Waals surface area (Å²) in [5, 5.41) is 20.8. The van der Waals surface area contributed by atoms with Gasteiger partial charge in [-0.3, -0.25) is 4.99 Å². The van der Waals surface area contributed by atoms with E-state index in [0.717, 1.165) is 18.9 Å². The SMILES string of the molecule is CCC1(CNC(=NC)NCCCc2nn(-c3ccc(F)cc3)c(N)c2C#N)CCC1. The number of aliphatic imine (C=N–C) groups is 1. The Bertz CT molecular complexity index is 915. The maximum absolute atomic E-state index is 13.2. The van der Waals surface area contributed by atoms with Gasteiger partial charge in [0.2, 0.25) is 0 Å². The number of aromatic nitrogens is 2. The van der Waals surface area contributed by atoms with Crippen LogP contribution in [0.4, 0.5) is 10.2 Å². The zero-order valence-corrected chi connectivity index (χ0v) is 17.7. The smallest absolute Gasteiger partial charge is 0.190 e. The zero-order valence-electron chi connectivity index (χ0n) is 17.7. The average Bonchev–Trinajstić information content (AvgIpc) is 3.04. The van der Waals surface area contributed by atoms with Gasteiger partial charge in [-0.05, 0) is 61.8 Å². The van der Waals surface area contributed by atoms with Crippen molar-refractivity contribution >= 4 is 11.8 Å². The lowest BCUT2D eigenvalue weighted by atomic mass is 9.67. The quantitative estimate of drug-likeness (QED) is 0.352. The lowest BCUT2D eigenvalue weighted by molar-refractivity contribution is 0.131. The summed E-state index contributed by atoms with van der Waals surface area (Å²) >= 11 is 0. The van der Waals surface area contributed by atoms with Crippen LogP contribution in [0.5, 0.6) is 0 Å². The van der Waals surface area contributed by atoms with Gasteiger partial charge in [-0.2, -0.15) is 10.4 Å². The number of nitrogens with one attached hydrogen (secondary N) is 2. The van der Waals surface area contributed by atoms with Gasteiger partial charge in [0.05, 0.1) is 11.4 Å². The largest absolute Gasteiger partial charge is 0.382 e. The van der Waals surface area contributed by atoms with E-state index >= 15 is 0 Å². The molecular weight excluding hydrogens is 381 g/mol. The molecule has 160 valence electrons. The topological polar surface area (TPSA) is 104 Å². The second-order valence-corrected chi connectivity index (χ2v) is 7.87. The maximum atomic E-state index is 13.2. The van der Waals surface area contributed by atoms with E-state index in [0.29, 0.717) is 35.3 Å². The van der Waals surface area contributed by atoms with Crippen LogP contribution in [0.1, 0.15) is 50.3 Å². The molecule has 0 radical (unpaired) electrons. The third kappa shape index (κ3) is 4.73. The van der Waals surface area contributed by atoms with Crippen molar-refractivity contribution in [1.29, 1.82) is 5.26 Å². The van der Waals surface area contributed by atoms with Gasteiger partial charge in [0.25, 0.3) is 0 Å². The number of nitrogen functional groups attached to an aromatic ring is 1. The number of nitriles is 1. The van der Waals surface area contributed by atoms with Gasteiger partial charge < -0.3 is 16.4 Å². The number of anilines is 1. The lowest BCUT2D eigenvalue weighted by Crippen LogP contribution is -2.46. The Morgan fingerprint density at radius 1 is 1.33 bits per heavy atom. The van der Waals surface area contributed by atoms with Crippen LogP contribution < -0.4 is 16.4 Å². The Hall–Kier alpha value is -3.08. The van der Waals surface area contributed by atoms with E-state index in [1.54, 1.807) is 19.2 Å². The molecule has 0 atom stereocenters. The summed E-state index contributed by atoms with van der Waals surface area (Å²) in [5.74, 6) is 0.738. The van der Waals surface area contributed by atoms with E-state index in [9.17, 15) is 9.65 Å². The van der Waals surface area contributed by atoms with Crippen molar-refractivity contribution in [2.24, 2.45) is 10.4 Å². The van der Waals surface area contributed by atoms with Gasteiger partial charge >= 0.3 is 0 Å². The molecule has 1 aromatic carbocycles. The van der Waals surface area contributed by atoms with E-state index < -0.39 is 0 Å².